The van der Waals surface area contributed by atoms with Crippen LogP contribution in [0, 0.1) is 12.1 Å². The van der Waals surface area contributed by atoms with Crippen LogP contribution < -0.4 is 5.23 Å². The number of rotatable bonds is 3. The molecule has 1 aliphatic heterocycles. The standard InChI is InChI=1S/C22H20N2O2S/c1-15-6-8-17(9-7-15)22-14-20(16-10-12-18(13-11-16)24(25)26)23-19-4-2-3-5-21(19)27-22/h2-13,22,24-25H,14H2,1H3. The van der Waals surface area contributed by atoms with Crippen molar-refractivity contribution in [1.29, 1.82) is 0 Å². The van der Waals surface area contributed by atoms with Crippen LogP contribution in [0.5, 0.6) is 0 Å². The number of fused-ring (bicyclic) bond motifs is 1. The van der Waals surface area contributed by atoms with Crippen molar-refractivity contribution in [3.05, 3.63) is 94.7 Å². The molecule has 0 aliphatic carbocycles. The third kappa shape index (κ3) is 3.96. The van der Waals surface area contributed by atoms with Crippen LogP contribution in [0.15, 0.2) is 82.7 Å². The maximum atomic E-state index is 11.1. The van der Waals surface area contributed by atoms with Crippen LogP contribution in [0.1, 0.15) is 28.4 Å². The monoisotopic (exact) mass is 376 g/mol. The van der Waals surface area contributed by atoms with Crippen molar-refractivity contribution >= 4 is 28.8 Å². The second-order valence-corrected chi connectivity index (χ2v) is 7.87. The number of hydrogen-bond donors (Lipinski definition) is 2. The van der Waals surface area contributed by atoms with Crippen molar-refractivity contribution in [2.75, 3.05) is 0 Å². The van der Waals surface area contributed by atoms with Gasteiger partial charge < -0.3 is 5.21 Å². The van der Waals surface area contributed by atoms with Crippen LogP contribution in [0.3, 0.4) is 0 Å². The van der Waals surface area contributed by atoms with E-state index in [1.165, 1.54) is 16.0 Å². The van der Waals surface area contributed by atoms with Crippen molar-refractivity contribution in [2.45, 2.75) is 23.5 Å². The predicted octanol–water partition coefficient (Wildman–Crippen LogP) is 4.76. The highest BCUT2D eigenvalue weighted by molar-refractivity contribution is 7.99. The van der Waals surface area contributed by atoms with Gasteiger partial charge in [-0.3, -0.25) is 4.99 Å². The summed E-state index contributed by atoms with van der Waals surface area (Å²) >= 11 is 1.83. The van der Waals surface area contributed by atoms with Crippen molar-refractivity contribution < 1.29 is 10.4 Å². The Hall–Kier alpha value is -2.44. The van der Waals surface area contributed by atoms with Gasteiger partial charge in [0.05, 0.1) is 5.69 Å². The Kier molecular flexibility index (Phi) is 5.09. The van der Waals surface area contributed by atoms with Gasteiger partial charge in [-0.25, -0.2) is 5.21 Å². The van der Waals surface area contributed by atoms with Crippen LogP contribution in [0.25, 0.3) is 0 Å². The highest BCUT2D eigenvalue weighted by Gasteiger charge is 2.22. The van der Waals surface area contributed by atoms with Crippen LogP contribution in [-0.4, -0.2) is 10.9 Å². The third-order valence-corrected chi connectivity index (χ3v) is 6.01. The second kappa shape index (κ2) is 7.66. The summed E-state index contributed by atoms with van der Waals surface area (Å²) < 4.78 is 0. The van der Waals surface area contributed by atoms with Gasteiger partial charge in [0, 0.05) is 34.4 Å². The predicted molar refractivity (Wildman–Crippen MR) is 109 cm³/mol. The maximum Gasteiger partial charge on any atom is 0.163 e. The van der Waals surface area contributed by atoms with Crippen LogP contribution >= 0.6 is 11.8 Å². The number of para-hydroxylation sites is 1. The number of benzene rings is 3. The summed E-state index contributed by atoms with van der Waals surface area (Å²) in [4.78, 5) is 6.09. The Morgan fingerprint density at radius 1 is 1.00 bits per heavy atom. The molecule has 5 heteroatoms. The average Bonchev–Trinajstić information content (AvgIpc) is 2.88. The summed E-state index contributed by atoms with van der Waals surface area (Å²) in [7, 11) is 0. The molecule has 1 aliphatic rings. The maximum absolute atomic E-state index is 11.1. The molecule has 2 unspecified atom stereocenters. The normalized spacial score (nSPS) is 17.6. The molecule has 4 nitrogen and oxygen atoms in total. The minimum Gasteiger partial charge on any atom is -0.595 e. The molecular formula is C22H20N2O2S. The quantitative estimate of drug-likeness (QED) is 0.648. The summed E-state index contributed by atoms with van der Waals surface area (Å²) in [6.45, 7) is 2.09. The zero-order valence-corrected chi connectivity index (χ0v) is 15.7. The first-order valence-corrected chi connectivity index (χ1v) is 9.71. The Labute approximate surface area is 162 Å². The van der Waals surface area contributed by atoms with E-state index < -0.39 is 5.23 Å². The molecule has 27 heavy (non-hydrogen) atoms. The lowest BCUT2D eigenvalue weighted by Crippen LogP contribution is -2.99. The first kappa shape index (κ1) is 17.9. The molecule has 3 aromatic rings. The molecule has 0 spiro atoms. The Bertz CT molecular complexity index is 966. The molecule has 0 amide bonds. The molecular weight excluding hydrogens is 356 g/mol. The fourth-order valence-corrected chi connectivity index (χ4v) is 4.40. The smallest absolute Gasteiger partial charge is 0.163 e. The van der Waals surface area contributed by atoms with E-state index in [0.717, 1.165) is 23.4 Å². The number of quaternary nitrogens is 1. The number of aliphatic imine (C=N–C) groups is 1. The Morgan fingerprint density at radius 3 is 2.41 bits per heavy atom. The highest BCUT2D eigenvalue weighted by Crippen LogP contribution is 2.45. The Balaban J connectivity index is 1.75. The van der Waals surface area contributed by atoms with E-state index in [0.29, 0.717) is 0 Å². The summed E-state index contributed by atoms with van der Waals surface area (Å²) in [5, 5.41) is 19.6. The van der Waals surface area contributed by atoms with Crippen molar-refractivity contribution in [1.82, 2.24) is 0 Å². The summed E-state index contributed by atoms with van der Waals surface area (Å²) in [5.41, 5.74) is 5.73. The molecule has 2 atom stereocenters. The number of aryl methyl sites for hydroxylation is 1. The van der Waals surface area contributed by atoms with E-state index in [-0.39, 0.29) is 10.9 Å². The van der Waals surface area contributed by atoms with E-state index in [9.17, 15) is 5.21 Å². The lowest BCUT2D eigenvalue weighted by atomic mass is 10.0. The van der Waals surface area contributed by atoms with Crippen molar-refractivity contribution in [2.24, 2.45) is 4.99 Å². The fraction of sp³-hybridized carbons (Fsp3) is 0.136. The second-order valence-electron chi connectivity index (χ2n) is 6.63. The van der Waals surface area contributed by atoms with Crippen molar-refractivity contribution in [3.8, 4) is 0 Å². The highest BCUT2D eigenvalue weighted by atomic mass is 32.2. The first-order chi connectivity index (χ1) is 13.1. The van der Waals surface area contributed by atoms with E-state index in [4.69, 9.17) is 10.2 Å². The van der Waals surface area contributed by atoms with Gasteiger partial charge >= 0.3 is 0 Å². The van der Waals surface area contributed by atoms with E-state index >= 15 is 0 Å². The van der Waals surface area contributed by atoms with E-state index in [2.05, 4.69) is 37.3 Å². The lowest BCUT2D eigenvalue weighted by Gasteiger charge is -2.17. The number of nitrogens with zero attached hydrogens (tertiary/aromatic N) is 1. The minimum absolute atomic E-state index is 0.257. The van der Waals surface area contributed by atoms with Gasteiger partial charge in [0.25, 0.3) is 0 Å². The molecule has 0 radical (unpaired) electrons. The van der Waals surface area contributed by atoms with E-state index in [1.807, 2.05) is 42.1 Å². The van der Waals surface area contributed by atoms with Gasteiger partial charge in [0.2, 0.25) is 0 Å². The van der Waals surface area contributed by atoms with Gasteiger partial charge in [0.1, 0.15) is 0 Å². The van der Waals surface area contributed by atoms with Crippen LogP contribution in [0.2, 0.25) is 0 Å². The molecule has 3 aromatic carbocycles. The summed E-state index contributed by atoms with van der Waals surface area (Å²) in [5.74, 6) is 0. The largest absolute Gasteiger partial charge is 0.595 e. The summed E-state index contributed by atoms with van der Waals surface area (Å²) in [6, 6.07) is 23.8. The van der Waals surface area contributed by atoms with Gasteiger partial charge in [-0.1, -0.05) is 42.0 Å². The fourth-order valence-electron chi connectivity index (χ4n) is 3.17. The molecule has 1 heterocycles. The number of thioether (sulfide) groups is 1. The molecule has 0 fully saturated rings. The third-order valence-electron chi connectivity index (χ3n) is 4.68. The molecule has 0 aromatic heterocycles. The molecule has 0 bridgehead atoms. The summed E-state index contributed by atoms with van der Waals surface area (Å²) in [6.07, 6.45) is 0.787. The molecule has 136 valence electrons. The van der Waals surface area contributed by atoms with E-state index in [1.54, 1.807) is 12.1 Å². The van der Waals surface area contributed by atoms with Gasteiger partial charge in [0.15, 0.2) is 5.69 Å². The SMILES string of the molecule is Cc1ccc(C2CC(c3ccc([NH+]([O-])O)cc3)=Nc3ccccc3S2)cc1. The number of nitrogens with one attached hydrogen (secondary N) is 1. The van der Waals surface area contributed by atoms with Gasteiger partial charge in [-0.05, 0) is 42.3 Å². The molecule has 0 saturated heterocycles. The van der Waals surface area contributed by atoms with Gasteiger partial charge in [-0.2, -0.15) is 5.23 Å². The van der Waals surface area contributed by atoms with Crippen LogP contribution in [-0.2, 0) is 0 Å². The zero-order valence-electron chi connectivity index (χ0n) is 14.9. The zero-order chi connectivity index (χ0) is 18.8. The lowest BCUT2D eigenvalue weighted by molar-refractivity contribution is -0.991. The Morgan fingerprint density at radius 2 is 1.70 bits per heavy atom. The number of hydrogen-bond acceptors (Lipinski definition) is 4. The topological polar surface area (TPSA) is 60.1 Å². The minimum atomic E-state index is -0.914. The molecule has 4 rings (SSSR count). The average molecular weight is 376 g/mol. The molecule has 0 saturated carbocycles. The van der Waals surface area contributed by atoms with Crippen LogP contribution in [0.4, 0.5) is 11.4 Å². The van der Waals surface area contributed by atoms with Crippen molar-refractivity contribution in [3.63, 3.8) is 0 Å². The molecule has 2 N–H and O–H groups in total. The van der Waals surface area contributed by atoms with Gasteiger partial charge in [-0.15, -0.1) is 11.8 Å². The first-order valence-electron chi connectivity index (χ1n) is 8.84.